The van der Waals surface area contributed by atoms with Gasteiger partial charge in [0.15, 0.2) is 5.13 Å². The summed E-state index contributed by atoms with van der Waals surface area (Å²) >= 11 is 1.36. The van der Waals surface area contributed by atoms with E-state index >= 15 is 0 Å². The van der Waals surface area contributed by atoms with Crippen molar-refractivity contribution in [1.29, 1.82) is 0 Å². The molecule has 3 aliphatic carbocycles. The van der Waals surface area contributed by atoms with Gasteiger partial charge in [-0.05, 0) is 30.1 Å². The number of amides is 2. The average molecular weight is 272 g/mol. The first-order valence-electron chi connectivity index (χ1n) is 6.70. The summed E-state index contributed by atoms with van der Waals surface area (Å²) in [5.74, 6) is 0.316. The Morgan fingerprint density at radius 2 is 1.79 bits per heavy atom. The lowest BCUT2D eigenvalue weighted by Gasteiger charge is -2.19. The molecule has 5 heteroatoms. The van der Waals surface area contributed by atoms with Gasteiger partial charge in [-0.2, -0.15) is 0 Å². The van der Waals surface area contributed by atoms with E-state index < -0.39 is 0 Å². The molecule has 2 heterocycles. The number of rotatable bonds is 1. The van der Waals surface area contributed by atoms with E-state index in [1.165, 1.54) is 29.1 Å². The standard InChI is InChI=1S/C14H12N2O2S/c17-11-9-7-1-2-8(14(7)3-4-14)10(9)12(18)16(11)13-15-5-6-19-13/h1-2,5-10H,3-4H2/t7-,8+,9-,10-/m1/s1. The summed E-state index contributed by atoms with van der Waals surface area (Å²) < 4.78 is 0. The molecule has 0 aromatic carbocycles. The predicted molar refractivity (Wildman–Crippen MR) is 69.4 cm³/mol. The number of fused-ring (bicyclic) bond motifs is 3. The van der Waals surface area contributed by atoms with E-state index in [0.29, 0.717) is 17.0 Å². The van der Waals surface area contributed by atoms with Crippen LogP contribution in [0.1, 0.15) is 12.8 Å². The van der Waals surface area contributed by atoms with Gasteiger partial charge < -0.3 is 0 Å². The highest BCUT2D eigenvalue weighted by Crippen LogP contribution is 2.73. The number of hydrogen-bond acceptors (Lipinski definition) is 4. The summed E-state index contributed by atoms with van der Waals surface area (Å²) in [7, 11) is 0. The van der Waals surface area contributed by atoms with Crippen LogP contribution in [0, 0.1) is 29.1 Å². The SMILES string of the molecule is O=C1[C@H]2[C@H](C(=O)N1c1nccs1)[C@@H]1C=C[C@H]2C12CC2. The molecule has 1 saturated heterocycles. The molecule has 0 N–H and O–H groups in total. The van der Waals surface area contributed by atoms with Crippen molar-refractivity contribution in [2.45, 2.75) is 12.8 Å². The smallest absolute Gasteiger partial charge is 0.240 e. The molecule has 3 fully saturated rings. The highest BCUT2D eigenvalue weighted by molar-refractivity contribution is 7.14. The Kier molecular flexibility index (Phi) is 1.62. The Hall–Kier alpha value is -1.49. The Morgan fingerprint density at radius 3 is 2.26 bits per heavy atom. The molecule has 1 aromatic heterocycles. The maximum atomic E-state index is 12.6. The van der Waals surface area contributed by atoms with E-state index in [2.05, 4.69) is 17.1 Å². The Labute approximate surface area is 114 Å². The molecule has 0 radical (unpaired) electrons. The van der Waals surface area contributed by atoms with Gasteiger partial charge in [-0.15, -0.1) is 11.3 Å². The number of nitrogens with zero attached hydrogens (tertiary/aromatic N) is 2. The van der Waals surface area contributed by atoms with Gasteiger partial charge >= 0.3 is 0 Å². The molecule has 2 bridgehead atoms. The zero-order valence-electron chi connectivity index (χ0n) is 10.2. The fourth-order valence-electron chi connectivity index (χ4n) is 4.59. The van der Waals surface area contributed by atoms with Crippen molar-refractivity contribution in [1.82, 2.24) is 4.98 Å². The Morgan fingerprint density at radius 1 is 1.16 bits per heavy atom. The van der Waals surface area contributed by atoms with E-state index in [1.54, 1.807) is 11.6 Å². The van der Waals surface area contributed by atoms with E-state index in [9.17, 15) is 9.59 Å². The first-order valence-corrected chi connectivity index (χ1v) is 7.58. The summed E-state index contributed by atoms with van der Waals surface area (Å²) in [6.07, 6.45) is 8.38. The van der Waals surface area contributed by atoms with Crippen molar-refractivity contribution >= 4 is 28.3 Å². The molecule has 2 saturated carbocycles. The number of allylic oxidation sites excluding steroid dienone is 2. The number of thiazole rings is 1. The van der Waals surface area contributed by atoms with Crippen LogP contribution in [0.4, 0.5) is 5.13 Å². The summed E-state index contributed by atoms with van der Waals surface area (Å²) in [6.45, 7) is 0. The van der Waals surface area contributed by atoms with Gasteiger partial charge in [-0.1, -0.05) is 12.2 Å². The van der Waals surface area contributed by atoms with E-state index in [0.717, 1.165) is 0 Å². The van der Waals surface area contributed by atoms with Crippen LogP contribution in [-0.4, -0.2) is 16.8 Å². The van der Waals surface area contributed by atoms with E-state index in [1.807, 2.05) is 0 Å². The second-order valence-electron chi connectivity index (χ2n) is 6.05. The van der Waals surface area contributed by atoms with Crippen LogP contribution in [0.3, 0.4) is 0 Å². The third-order valence-electron chi connectivity index (χ3n) is 5.46. The fraction of sp³-hybridized carbons (Fsp3) is 0.500. The monoisotopic (exact) mass is 272 g/mol. The van der Waals surface area contributed by atoms with Crippen molar-refractivity contribution in [2.24, 2.45) is 29.1 Å². The maximum absolute atomic E-state index is 12.6. The lowest BCUT2D eigenvalue weighted by molar-refractivity contribution is -0.123. The molecule has 4 nitrogen and oxygen atoms in total. The minimum absolute atomic E-state index is 0.0203. The van der Waals surface area contributed by atoms with Crippen molar-refractivity contribution in [3.63, 3.8) is 0 Å². The van der Waals surface area contributed by atoms with Crippen molar-refractivity contribution < 1.29 is 9.59 Å². The molecule has 1 aliphatic heterocycles. The molecule has 2 amide bonds. The van der Waals surface area contributed by atoms with Gasteiger partial charge in [-0.3, -0.25) is 9.59 Å². The molecule has 4 aliphatic rings. The van der Waals surface area contributed by atoms with Gasteiger partial charge in [0.2, 0.25) is 11.8 Å². The van der Waals surface area contributed by atoms with E-state index in [-0.39, 0.29) is 29.1 Å². The number of carbonyl (C=O) groups excluding carboxylic acids is 2. The molecular formula is C14H12N2O2S. The first kappa shape index (κ1) is 10.3. The molecule has 4 atom stereocenters. The molecule has 96 valence electrons. The minimum atomic E-state index is -0.117. The van der Waals surface area contributed by atoms with Crippen molar-refractivity contribution in [3.05, 3.63) is 23.7 Å². The van der Waals surface area contributed by atoms with Crippen LogP contribution in [-0.2, 0) is 9.59 Å². The highest BCUT2D eigenvalue weighted by atomic mass is 32.1. The normalized spacial score (nSPS) is 40.5. The second kappa shape index (κ2) is 2.98. The van der Waals surface area contributed by atoms with Gasteiger partial charge in [0, 0.05) is 11.6 Å². The molecule has 19 heavy (non-hydrogen) atoms. The summed E-state index contributed by atoms with van der Waals surface area (Å²) in [6, 6.07) is 0. The van der Waals surface area contributed by atoms with Crippen molar-refractivity contribution in [3.8, 4) is 0 Å². The van der Waals surface area contributed by atoms with Crippen LogP contribution in [0.5, 0.6) is 0 Å². The van der Waals surface area contributed by atoms with E-state index in [4.69, 9.17) is 0 Å². The zero-order valence-corrected chi connectivity index (χ0v) is 11.0. The van der Waals surface area contributed by atoms with Gasteiger partial charge in [-0.25, -0.2) is 9.88 Å². The Balaban J connectivity index is 1.62. The zero-order chi connectivity index (χ0) is 12.8. The quantitative estimate of drug-likeness (QED) is 0.579. The van der Waals surface area contributed by atoms with Gasteiger partial charge in [0.1, 0.15) is 0 Å². The molecule has 5 rings (SSSR count). The number of aromatic nitrogens is 1. The number of carbonyl (C=O) groups is 2. The van der Waals surface area contributed by atoms with Gasteiger partial charge in [0.05, 0.1) is 11.8 Å². The third kappa shape index (κ3) is 0.982. The number of anilines is 1. The second-order valence-corrected chi connectivity index (χ2v) is 6.92. The number of imide groups is 1. The van der Waals surface area contributed by atoms with Gasteiger partial charge in [0.25, 0.3) is 0 Å². The summed E-state index contributed by atoms with van der Waals surface area (Å²) in [5.41, 5.74) is 0.273. The van der Waals surface area contributed by atoms with Crippen LogP contribution >= 0.6 is 11.3 Å². The largest absolute Gasteiger partial charge is 0.274 e. The molecule has 1 aromatic rings. The molecular weight excluding hydrogens is 260 g/mol. The minimum Gasteiger partial charge on any atom is -0.274 e. The van der Waals surface area contributed by atoms with Crippen LogP contribution in [0.25, 0.3) is 0 Å². The average Bonchev–Trinajstić information content (AvgIpc) is 2.70. The van der Waals surface area contributed by atoms with Crippen molar-refractivity contribution in [2.75, 3.05) is 4.90 Å². The highest BCUT2D eigenvalue weighted by Gasteiger charge is 2.73. The number of hydrogen-bond donors (Lipinski definition) is 0. The van der Waals surface area contributed by atoms with Crippen LogP contribution < -0.4 is 4.90 Å². The Bertz CT molecular complexity index is 598. The topological polar surface area (TPSA) is 50.3 Å². The predicted octanol–water partition coefficient (Wildman–Crippen LogP) is 1.84. The molecule has 0 unspecified atom stereocenters. The third-order valence-corrected chi connectivity index (χ3v) is 6.22. The fourth-order valence-corrected chi connectivity index (χ4v) is 5.24. The maximum Gasteiger partial charge on any atom is 0.240 e. The summed E-state index contributed by atoms with van der Waals surface area (Å²) in [4.78, 5) is 30.7. The lowest BCUT2D eigenvalue weighted by atomic mass is 9.85. The first-order chi connectivity index (χ1) is 9.24. The summed E-state index contributed by atoms with van der Waals surface area (Å²) in [5, 5.41) is 2.34. The van der Waals surface area contributed by atoms with Crippen LogP contribution in [0.15, 0.2) is 23.7 Å². The lowest BCUT2D eigenvalue weighted by Crippen LogP contribution is -2.34. The van der Waals surface area contributed by atoms with Crippen LogP contribution in [0.2, 0.25) is 0 Å². The molecule has 1 spiro atoms.